The lowest BCUT2D eigenvalue weighted by Crippen LogP contribution is -2.42. The van der Waals surface area contributed by atoms with Crippen LogP contribution >= 0.6 is 0 Å². The van der Waals surface area contributed by atoms with Crippen molar-refractivity contribution in [1.82, 2.24) is 20.8 Å². The fourth-order valence-electron chi connectivity index (χ4n) is 2.24. The van der Waals surface area contributed by atoms with Crippen molar-refractivity contribution in [1.29, 1.82) is 0 Å². The van der Waals surface area contributed by atoms with Gasteiger partial charge in [-0.05, 0) is 25.7 Å². The third-order valence-corrected chi connectivity index (χ3v) is 3.56. The van der Waals surface area contributed by atoms with Crippen molar-refractivity contribution in [3.63, 3.8) is 0 Å². The number of hydrogen-bond acceptors (Lipinski definition) is 4. The molecule has 6 heteroatoms. The SMILES string of the molecule is C=CCNC(=NCc1nc(C2CC2)no1)NC1CC=CC1. The molecule has 0 atom stereocenters. The Morgan fingerprint density at radius 1 is 1.43 bits per heavy atom. The van der Waals surface area contributed by atoms with Crippen LogP contribution in [0.4, 0.5) is 0 Å². The fraction of sp³-hybridized carbons (Fsp3) is 0.533. The Balaban J connectivity index is 1.58. The maximum Gasteiger partial charge on any atom is 0.248 e. The van der Waals surface area contributed by atoms with E-state index in [0.29, 0.717) is 30.9 Å². The molecule has 2 aliphatic rings. The molecule has 0 amide bonds. The van der Waals surface area contributed by atoms with E-state index in [2.05, 4.69) is 44.5 Å². The quantitative estimate of drug-likeness (QED) is 0.475. The fourth-order valence-corrected chi connectivity index (χ4v) is 2.24. The van der Waals surface area contributed by atoms with Crippen LogP contribution in [0.25, 0.3) is 0 Å². The largest absolute Gasteiger partial charge is 0.353 e. The summed E-state index contributed by atoms with van der Waals surface area (Å²) in [7, 11) is 0. The second kappa shape index (κ2) is 6.56. The van der Waals surface area contributed by atoms with Crippen LogP contribution in [0.1, 0.15) is 43.3 Å². The number of hydrogen-bond donors (Lipinski definition) is 2. The van der Waals surface area contributed by atoms with Crippen molar-refractivity contribution >= 4 is 5.96 Å². The van der Waals surface area contributed by atoms with Gasteiger partial charge in [0, 0.05) is 18.5 Å². The molecule has 21 heavy (non-hydrogen) atoms. The summed E-state index contributed by atoms with van der Waals surface area (Å²) in [5.41, 5.74) is 0. The van der Waals surface area contributed by atoms with E-state index < -0.39 is 0 Å². The molecule has 0 aliphatic heterocycles. The highest BCUT2D eigenvalue weighted by molar-refractivity contribution is 5.80. The second-order valence-corrected chi connectivity index (χ2v) is 5.44. The van der Waals surface area contributed by atoms with Crippen molar-refractivity contribution in [2.45, 2.75) is 44.2 Å². The summed E-state index contributed by atoms with van der Waals surface area (Å²) in [6, 6.07) is 0.408. The molecule has 0 radical (unpaired) electrons. The van der Waals surface area contributed by atoms with Gasteiger partial charge < -0.3 is 15.2 Å². The highest BCUT2D eigenvalue weighted by Gasteiger charge is 2.28. The van der Waals surface area contributed by atoms with Crippen molar-refractivity contribution in [3.8, 4) is 0 Å². The smallest absolute Gasteiger partial charge is 0.248 e. The molecule has 0 saturated heterocycles. The molecule has 112 valence electrons. The lowest BCUT2D eigenvalue weighted by molar-refractivity contribution is 0.374. The van der Waals surface area contributed by atoms with Crippen LogP contribution in [0.2, 0.25) is 0 Å². The first-order chi connectivity index (χ1) is 10.3. The zero-order valence-electron chi connectivity index (χ0n) is 12.1. The number of nitrogens with one attached hydrogen (secondary N) is 2. The Morgan fingerprint density at radius 2 is 2.24 bits per heavy atom. The lowest BCUT2D eigenvalue weighted by Gasteiger charge is -2.16. The van der Waals surface area contributed by atoms with Crippen molar-refractivity contribution in [2.24, 2.45) is 4.99 Å². The molecule has 6 nitrogen and oxygen atoms in total. The van der Waals surface area contributed by atoms with Crippen LogP contribution in [-0.4, -0.2) is 28.7 Å². The summed E-state index contributed by atoms with van der Waals surface area (Å²) in [5, 5.41) is 10.6. The van der Waals surface area contributed by atoms with E-state index in [0.717, 1.165) is 24.6 Å². The van der Waals surface area contributed by atoms with Crippen LogP contribution in [0, 0.1) is 0 Å². The highest BCUT2D eigenvalue weighted by Crippen LogP contribution is 2.38. The average Bonchev–Trinajstić information content (AvgIpc) is 3.02. The Kier molecular flexibility index (Phi) is 4.33. The van der Waals surface area contributed by atoms with Crippen molar-refractivity contribution < 1.29 is 4.52 Å². The number of aliphatic imine (C=N–C) groups is 1. The maximum absolute atomic E-state index is 5.23. The van der Waals surface area contributed by atoms with E-state index in [1.54, 1.807) is 0 Å². The Bertz CT molecular complexity index is 536. The lowest BCUT2D eigenvalue weighted by atomic mass is 10.2. The predicted molar refractivity (Wildman–Crippen MR) is 80.9 cm³/mol. The van der Waals surface area contributed by atoms with Gasteiger partial charge in [-0.15, -0.1) is 6.58 Å². The van der Waals surface area contributed by atoms with Gasteiger partial charge >= 0.3 is 0 Å². The minimum Gasteiger partial charge on any atom is -0.353 e. The van der Waals surface area contributed by atoms with E-state index in [-0.39, 0.29) is 0 Å². The molecule has 1 heterocycles. The second-order valence-electron chi connectivity index (χ2n) is 5.44. The monoisotopic (exact) mass is 287 g/mol. The number of aromatic nitrogens is 2. The number of nitrogens with zero attached hydrogens (tertiary/aromatic N) is 3. The predicted octanol–water partition coefficient (Wildman–Crippen LogP) is 1.89. The average molecular weight is 287 g/mol. The summed E-state index contributed by atoms with van der Waals surface area (Å²) in [5.74, 6) is 2.66. The van der Waals surface area contributed by atoms with Gasteiger partial charge in [-0.2, -0.15) is 4.98 Å². The van der Waals surface area contributed by atoms with Gasteiger partial charge in [-0.25, -0.2) is 4.99 Å². The summed E-state index contributed by atoms with van der Waals surface area (Å²) in [4.78, 5) is 8.89. The number of guanidine groups is 1. The van der Waals surface area contributed by atoms with E-state index in [4.69, 9.17) is 4.52 Å². The van der Waals surface area contributed by atoms with E-state index >= 15 is 0 Å². The third-order valence-electron chi connectivity index (χ3n) is 3.56. The van der Waals surface area contributed by atoms with Crippen molar-refractivity contribution in [2.75, 3.05) is 6.54 Å². The van der Waals surface area contributed by atoms with Gasteiger partial charge in [0.05, 0.1) is 0 Å². The van der Waals surface area contributed by atoms with Crippen LogP contribution in [0.3, 0.4) is 0 Å². The molecule has 1 fully saturated rings. The first-order valence-electron chi connectivity index (χ1n) is 7.48. The van der Waals surface area contributed by atoms with Gasteiger partial charge in [0.25, 0.3) is 0 Å². The molecule has 1 aromatic rings. The van der Waals surface area contributed by atoms with Gasteiger partial charge in [-0.1, -0.05) is 23.4 Å². The summed E-state index contributed by atoms with van der Waals surface area (Å²) >= 11 is 0. The highest BCUT2D eigenvalue weighted by atomic mass is 16.5. The zero-order valence-corrected chi connectivity index (χ0v) is 12.1. The molecule has 0 unspecified atom stereocenters. The van der Waals surface area contributed by atoms with Crippen LogP contribution in [-0.2, 0) is 6.54 Å². The Morgan fingerprint density at radius 3 is 2.95 bits per heavy atom. The summed E-state index contributed by atoms with van der Waals surface area (Å²) in [6.45, 7) is 4.78. The van der Waals surface area contributed by atoms with E-state index in [1.165, 1.54) is 12.8 Å². The summed E-state index contributed by atoms with van der Waals surface area (Å²) < 4.78 is 5.23. The Labute approximate surface area is 124 Å². The molecular weight excluding hydrogens is 266 g/mol. The minimum absolute atomic E-state index is 0.395. The molecule has 0 spiro atoms. The van der Waals surface area contributed by atoms with Crippen LogP contribution in [0.5, 0.6) is 0 Å². The van der Waals surface area contributed by atoms with Crippen LogP contribution in [0.15, 0.2) is 34.3 Å². The molecule has 0 bridgehead atoms. The molecule has 1 aromatic heterocycles. The Hall–Kier alpha value is -2.11. The molecule has 2 N–H and O–H groups in total. The van der Waals surface area contributed by atoms with Gasteiger partial charge in [0.2, 0.25) is 5.89 Å². The van der Waals surface area contributed by atoms with Gasteiger partial charge in [-0.3, -0.25) is 0 Å². The molecular formula is C15H21N5O. The molecule has 3 rings (SSSR count). The first kappa shape index (κ1) is 13.9. The first-order valence-corrected chi connectivity index (χ1v) is 7.48. The molecule has 2 aliphatic carbocycles. The minimum atomic E-state index is 0.395. The van der Waals surface area contributed by atoms with Gasteiger partial charge in [0.1, 0.15) is 6.54 Å². The van der Waals surface area contributed by atoms with Crippen molar-refractivity contribution in [3.05, 3.63) is 36.5 Å². The molecule has 0 aromatic carbocycles. The number of rotatable bonds is 6. The molecule has 1 saturated carbocycles. The van der Waals surface area contributed by atoms with E-state index in [1.807, 2.05) is 6.08 Å². The van der Waals surface area contributed by atoms with Crippen LogP contribution < -0.4 is 10.6 Å². The standard InChI is InChI=1S/C15H21N5O/c1-2-9-16-15(18-12-5-3-4-6-12)17-10-13-19-14(20-21-13)11-7-8-11/h2-4,11-12H,1,5-10H2,(H2,16,17,18). The topological polar surface area (TPSA) is 75.3 Å². The zero-order chi connectivity index (χ0) is 14.5. The van der Waals surface area contributed by atoms with E-state index in [9.17, 15) is 0 Å². The normalized spacial score (nSPS) is 19.0. The van der Waals surface area contributed by atoms with Gasteiger partial charge in [0.15, 0.2) is 11.8 Å². The third kappa shape index (κ3) is 3.93. The maximum atomic E-state index is 5.23. The summed E-state index contributed by atoms with van der Waals surface area (Å²) in [6.07, 6.45) is 10.6.